The number of fused-ring (bicyclic) bond motifs is 1. The van der Waals surface area contributed by atoms with Gasteiger partial charge in [-0.1, -0.05) is 41.9 Å². The second-order valence-electron chi connectivity index (χ2n) is 6.63. The van der Waals surface area contributed by atoms with Gasteiger partial charge in [-0.15, -0.1) is 22.7 Å². The summed E-state index contributed by atoms with van der Waals surface area (Å²) in [4.78, 5) is 23.3. The van der Waals surface area contributed by atoms with Gasteiger partial charge in [-0.3, -0.25) is 9.69 Å². The molecule has 2 heterocycles. The minimum Gasteiger partial charge on any atom is -0.274 e. The third kappa shape index (κ3) is 3.96. The number of halogens is 1. The van der Waals surface area contributed by atoms with Gasteiger partial charge in [-0.25, -0.2) is 9.97 Å². The molecule has 146 valence electrons. The third-order valence-electron chi connectivity index (χ3n) is 4.45. The molecule has 0 unspecified atom stereocenters. The van der Waals surface area contributed by atoms with E-state index in [1.54, 1.807) is 29.2 Å². The first-order chi connectivity index (χ1) is 13.9. The zero-order valence-electron chi connectivity index (χ0n) is 16.1. The van der Waals surface area contributed by atoms with Crippen molar-refractivity contribution in [3.8, 4) is 0 Å². The first-order valence-electron chi connectivity index (χ1n) is 8.99. The Hall–Kier alpha value is -2.54. The molecule has 0 saturated carbocycles. The molecule has 0 aliphatic heterocycles. The highest BCUT2D eigenvalue weighted by molar-refractivity contribution is 7.20. The molecule has 0 spiro atoms. The van der Waals surface area contributed by atoms with Crippen molar-refractivity contribution in [1.29, 1.82) is 0 Å². The molecule has 4 aromatic rings. The minimum absolute atomic E-state index is 0.0791. The van der Waals surface area contributed by atoms with Gasteiger partial charge in [-0.2, -0.15) is 0 Å². The lowest BCUT2D eigenvalue weighted by molar-refractivity contribution is -0.115. The number of nitrogens with zero attached hydrogens (tertiary/aromatic N) is 3. The topological polar surface area (TPSA) is 46.1 Å². The van der Waals surface area contributed by atoms with E-state index in [1.807, 2.05) is 61.7 Å². The number of aromatic nitrogens is 2. The summed E-state index contributed by atoms with van der Waals surface area (Å²) in [6, 6.07) is 13.9. The summed E-state index contributed by atoms with van der Waals surface area (Å²) in [6.45, 7) is 5.55. The second-order valence-corrected chi connectivity index (χ2v) is 8.90. The van der Waals surface area contributed by atoms with Crippen molar-refractivity contribution in [2.24, 2.45) is 0 Å². The van der Waals surface area contributed by atoms with E-state index in [0.29, 0.717) is 15.9 Å². The van der Waals surface area contributed by atoms with Crippen LogP contribution in [0.25, 0.3) is 21.3 Å². The molecular formula is C22H18ClN3OS2. The summed E-state index contributed by atoms with van der Waals surface area (Å²) < 4.78 is 1.09. The van der Waals surface area contributed by atoms with Gasteiger partial charge in [0, 0.05) is 12.3 Å². The maximum atomic E-state index is 12.4. The number of benzene rings is 2. The summed E-state index contributed by atoms with van der Waals surface area (Å²) in [5, 5.41) is 3.80. The number of anilines is 2. The zero-order chi connectivity index (χ0) is 20.5. The van der Waals surface area contributed by atoms with E-state index in [-0.39, 0.29) is 5.91 Å². The van der Waals surface area contributed by atoms with Crippen molar-refractivity contribution in [2.45, 2.75) is 20.8 Å². The normalized spacial score (nSPS) is 11.8. The number of hydrogen-bond donors (Lipinski definition) is 0. The lowest BCUT2D eigenvalue weighted by atomic mass is 10.1. The fraction of sp³-hybridized carbons (Fsp3) is 0.136. The Morgan fingerprint density at radius 2 is 1.79 bits per heavy atom. The largest absolute Gasteiger partial charge is 0.274 e. The van der Waals surface area contributed by atoms with E-state index >= 15 is 0 Å². The number of rotatable bonds is 4. The molecule has 0 aliphatic carbocycles. The van der Waals surface area contributed by atoms with Crippen molar-refractivity contribution in [3.05, 3.63) is 69.7 Å². The molecule has 0 N–H and O–H groups in total. The summed E-state index contributed by atoms with van der Waals surface area (Å²) >= 11 is 9.48. The molecule has 0 atom stereocenters. The van der Waals surface area contributed by atoms with Gasteiger partial charge in [0.15, 0.2) is 5.13 Å². The number of aryl methyl sites for hydroxylation is 2. The van der Waals surface area contributed by atoms with Crippen LogP contribution < -0.4 is 4.90 Å². The highest BCUT2D eigenvalue weighted by atomic mass is 35.5. The quantitative estimate of drug-likeness (QED) is 0.351. The number of amides is 1. The van der Waals surface area contributed by atoms with Crippen molar-refractivity contribution in [2.75, 3.05) is 4.90 Å². The molecule has 4 nitrogen and oxygen atoms in total. The number of thiazole rings is 2. The smallest absolute Gasteiger partial charge is 0.230 e. The predicted octanol–water partition coefficient (Wildman–Crippen LogP) is 6.79. The van der Waals surface area contributed by atoms with E-state index in [2.05, 4.69) is 9.97 Å². The Bertz CT molecular complexity index is 1190. The zero-order valence-corrected chi connectivity index (χ0v) is 18.5. The van der Waals surface area contributed by atoms with Gasteiger partial charge >= 0.3 is 0 Å². The van der Waals surface area contributed by atoms with Crippen LogP contribution in [0.4, 0.5) is 10.8 Å². The van der Waals surface area contributed by atoms with Crippen molar-refractivity contribution < 1.29 is 4.79 Å². The number of hydrogen-bond acceptors (Lipinski definition) is 5. The Morgan fingerprint density at radius 3 is 2.48 bits per heavy atom. The first kappa shape index (κ1) is 19.8. The molecule has 4 rings (SSSR count). The van der Waals surface area contributed by atoms with Crippen LogP contribution in [0.5, 0.6) is 0 Å². The predicted molar refractivity (Wildman–Crippen MR) is 124 cm³/mol. The second kappa shape index (κ2) is 8.06. The highest BCUT2D eigenvalue weighted by Gasteiger charge is 2.21. The number of carbonyl (C=O) groups is 1. The van der Waals surface area contributed by atoms with Crippen LogP contribution in [0, 0.1) is 13.8 Å². The Kier molecular flexibility index (Phi) is 5.50. The number of carbonyl (C=O) groups excluding carboxylic acids is 1. The van der Waals surface area contributed by atoms with E-state index in [1.165, 1.54) is 11.3 Å². The lowest BCUT2D eigenvalue weighted by Gasteiger charge is -2.22. The fourth-order valence-corrected chi connectivity index (χ4v) is 5.13. The maximum absolute atomic E-state index is 12.4. The standard InChI is InChI=1S/C22H18ClN3OS2/c1-13-7-6-8-14(2)20(13)26(15(3)27)22-24-16(12-28-22)11-17(23)21-25-18-9-4-5-10-19(18)29-21/h4-12H,1-3H3/b17-11-. The van der Waals surface area contributed by atoms with Gasteiger partial charge in [0.05, 0.1) is 26.6 Å². The molecule has 0 bridgehead atoms. The molecule has 2 aromatic carbocycles. The molecule has 0 saturated heterocycles. The van der Waals surface area contributed by atoms with E-state index in [0.717, 1.165) is 32.0 Å². The van der Waals surface area contributed by atoms with Crippen molar-refractivity contribution >= 4 is 72.3 Å². The average Bonchev–Trinajstić information content (AvgIpc) is 3.31. The molecule has 2 aromatic heterocycles. The number of para-hydroxylation sites is 2. The van der Waals surface area contributed by atoms with Crippen LogP contribution in [-0.4, -0.2) is 15.9 Å². The van der Waals surface area contributed by atoms with E-state index < -0.39 is 0 Å². The monoisotopic (exact) mass is 439 g/mol. The first-order valence-corrected chi connectivity index (χ1v) is 11.1. The average molecular weight is 440 g/mol. The summed E-state index contributed by atoms with van der Waals surface area (Å²) in [6.07, 6.45) is 1.79. The van der Waals surface area contributed by atoms with E-state index in [4.69, 9.17) is 11.6 Å². The van der Waals surface area contributed by atoms with Crippen molar-refractivity contribution in [3.63, 3.8) is 0 Å². The van der Waals surface area contributed by atoms with Gasteiger partial charge in [0.25, 0.3) is 0 Å². The Morgan fingerprint density at radius 1 is 1.07 bits per heavy atom. The molecule has 7 heteroatoms. The van der Waals surface area contributed by atoms with Crippen LogP contribution in [0.15, 0.2) is 47.8 Å². The molecule has 0 radical (unpaired) electrons. The lowest BCUT2D eigenvalue weighted by Crippen LogP contribution is -2.24. The van der Waals surface area contributed by atoms with E-state index in [9.17, 15) is 4.79 Å². The van der Waals surface area contributed by atoms with Crippen LogP contribution in [0.1, 0.15) is 28.8 Å². The van der Waals surface area contributed by atoms with Crippen LogP contribution in [0.3, 0.4) is 0 Å². The minimum atomic E-state index is -0.0791. The fourth-order valence-electron chi connectivity index (χ4n) is 3.16. The van der Waals surface area contributed by atoms with Crippen molar-refractivity contribution in [1.82, 2.24) is 9.97 Å². The van der Waals surface area contributed by atoms with Gasteiger partial charge in [0.1, 0.15) is 5.01 Å². The van der Waals surface area contributed by atoms with Gasteiger partial charge in [0.2, 0.25) is 5.91 Å². The van der Waals surface area contributed by atoms with Crippen LogP contribution >= 0.6 is 34.3 Å². The summed E-state index contributed by atoms with van der Waals surface area (Å²) in [7, 11) is 0. The molecule has 0 aliphatic rings. The SMILES string of the molecule is CC(=O)N(c1nc(/C=C(\Cl)c2nc3ccccc3s2)cs1)c1c(C)cccc1C. The highest BCUT2D eigenvalue weighted by Crippen LogP contribution is 2.35. The van der Waals surface area contributed by atoms with Crippen LogP contribution in [-0.2, 0) is 4.79 Å². The van der Waals surface area contributed by atoms with Crippen LogP contribution in [0.2, 0.25) is 0 Å². The molecule has 29 heavy (non-hydrogen) atoms. The maximum Gasteiger partial charge on any atom is 0.230 e. The molecular weight excluding hydrogens is 422 g/mol. The Labute approximate surface area is 182 Å². The third-order valence-corrected chi connectivity index (χ3v) is 6.77. The molecule has 1 amide bonds. The Balaban J connectivity index is 1.69. The van der Waals surface area contributed by atoms with Gasteiger partial charge < -0.3 is 0 Å². The summed E-state index contributed by atoms with van der Waals surface area (Å²) in [5.74, 6) is -0.0791. The summed E-state index contributed by atoms with van der Waals surface area (Å²) in [5.41, 5.74) is 4.56. The molecule has 0 fully saturated rings. The van der Waals surface area contributed by atoms with Gasteiger partial charge in [-0.05, 0) is 43.2 Å².